The van der Waals surface area contributed by atoms with Gasteiger partial charge in [-0.25, -0.2) is 4.98 Å². The van der Waals surface area contributed by atoms with Gasteiger partial charge >= 0.3 is 0 Å². The van der Waals surface area contributed by atoms with Crippen molar-refractivity contribution in [2.24, 2.45) is 0 Å². The van der Waals surface area contributed by atoms with Crippen LogP contribution in [-0.4, -0.2) is 31.4 Å². The number of rotatable bonds is 7. The maximum Gasteiger partial charge on any atom is 0.234 e. The van der Waals surface area contributed by atoms with Crippen molar-refractivity contribution >= 4 is 45.9 Å². The Morgan fingerprint density at radius 3 is 2.73 bits per heavy atom. The fourth-order valence-corrected chi connectivity index (χ4v) is 3.88. The van der Waals surface area contributed by atoms with Gasteiger partial charge in [-0.3, -0.25) is 9.36 Å². The second-order valence-corrected chi connectivity index (χ2v) is 7.76. The number of halogens is 1. The summed E-state index contributed by atoms with van der Waals surface area (Å²) in [4.78, 5) is 17.1. The Labute approximate surface area is 183 Å². The number of thioether (sulfide) groups is 1. The molecule has 0 aliphatic heterocycles. The van der Waals surface area contributed by atoms with Crippen LogP contribution in [0.1, 0.15) is 0 Å². The Kier molecular flexibility index (Phi) is 6.11. The lowest BCUT2D eigenvalue weighted by molar-refractivity contribution is -0.113. The third-order valence-electron chi connectivity index (χ3n) is 4.34. The van der Waals surface area contributed by atoms with Gasteiger partial charge in [0.2, 0.25) is 5.91 Å². The number of benzene rings is 2. The number of aromatic nitrogens is 4. The molecule has 1 amide bonds. The first kappa shape index (κ1) is 20.1. The number of carbonyl (C=O) groups excluding carboxylic acids is 1. The standard InChI is InChI=1S/C22H18ClN5OS/c1-2-13-28-21(19-12-11-15-7-3-5-9-17(15)24-19)26-27-22(28)30-14-20(29)25-18-10-6-4-8-16(18)23/h2-12H,1,13-14H2,(H,25,29). The second-order valence-electron chi connectivity index (χ2n) is 6.41. The molecule has 0 atom stereocenters. The van der Waals surface area contributed by atoms with Crippen LogP contribution in [0.5, 0.6) is 0 Å². The second kappa shape index (κ2) is 9.11. The normalized spacial score (nSPS) is 10.8. The Morgan fingerprint density at radius 1 is 1.10 bits per heavy atom. The molecule has 0 spiro atoms. The van der Waals surface area contributed by atoms with Gasteiger partial charge in [0.25, 0.3) is 0 Å². The van der Waals surface area contributed by atoms with Gasteiger partial charge in [-0.15, -0.1) is 16.8 Å². The van der Waals surface area contributed by atoms with Crippen molar-refractivity contribution in [2.45, 2.75) is 11.7 Å². The molecule has 4 aromatic rings. The molecule has 2 aromatic heterocycles. The molecule has 150 valence electrons. The number of para-hydroxylation sites is 2. The van der Waals surface area contributed by atoms with E-state index in [0.29, 0.717) is 28.2 Å². The number of pyridine rings is 1. The van der Waals surface area contributed by atoms with Crippen molar-refractivity contribution in [1.29, 1.82) is 0 Å². The SMILES string of the molecule is C=CCn1c(SCC(=O)Nc2ccccc2Cl)nnc1-c1ccc2ccccc2n1. The molecule has 2 heterocycles. The van der Waals surface area contributed by atoms with E-state index in [-0.39, 0.29) is 11.7 Å². The summed E-state index contributed by atoms with van der Waals surface area (Å²) < 4.78 is 1.90. The number of nitrogens with zero attached hydrogens (tertiary/aromatic N) is 4. The number of anilines is 1. The number of hydrogen-bond acceptors (Lipinski definition) is 5. The molecule has 0 unspecified atom stereocenters. The average Bonchev–Trinajstić information content (AvgIpc) is 3.16. The van der Waals surface area contributed by atoms with Crippen LogP contribution in [0.3, 0.4) is 0 Å². The Bertz CT molecular complexity index is 1220. The lowest BCUT2D eigenvalue weighted by Crippen LogP contribution is -2.15. The van der Waals surface area contributed by atoms with Crippen molar-refractivity contribution in [1.82, 2.24) is 19.7 Å². The van der Waals surface area contributed by atoms with Crippen molar-refractivity contribution < 1.29 is 4.79 Å². The first-order valence-electron chi connectivity index (χ1n) is 9.23. The smallest absolute Gasteiger partial charge is 0.234 e. The predicted octanol–water partition coefficient (Wildman–Crippen LogP) is 5.06. The van der Waals surface area contributed by atoms with E-state index in [9.17, 15) is 4.79 Å². The van der Waals surface area contributed by atoms with Crippen molar-refractivity contribution in [2.75, 3.05) is 11.1 Å². The van der Waals surface area contributed by atoms with Crippen LogP contribution in [0.25, 0.3) is 22.4 Å². The number of allylic oxidation sites excluding steroid dienone is 1. The molecule has 0 fully saturated rings. The van der Waals surface area contributed by atoms with E-state index >= 15 is 0 Å². The highest BCUT2D eigenvalue weighted by Gasteiger charge is 2.16. The lowest BCUT2D eigenvalue weighted by atomic mass is 10.2. The van der Waals surface area contributed by atoms with E-state index in [1.54, 1.807) is 18.2 Å². The Hall–Kier alpha value is -3.16. The predicted molar refractivity (Wildman–Crippen MR) is 122 cm³/mol. The van der Waals surface area contributed by atoms with Gasteiger partial charge in [-0.2, -0.15) is 0 Å². The lowest BCUT2D eigenvalue weighted by Gasteiger charge is -2.09. The topological polar surface area (TPSA) is 72.7 Å². The summed E-state index contributed by atoms with van der Waals surface area (Å²) >= 11 is 7.40. The monoisotopic (exact) mass is 435 g/mol. The van der Waals surface area contributed by atoms with E-state index in [1.165, 1.54) is 11.8 Å². The van der Waals surface area contributed by atoms with Crippen molar-refractivity contribution in [3.05, 3.63) is 78.3 Å². The minimum absolute atomic E-state index is 0.172. The van der Waals surface area contributed by atoms with E-state index < -0.39 is 0 Å². The fraction of sp³-hybridized carbons (Fsp3) is 0.0909. The zero-order chi connectivity index (χ0) is 20.9. The molecular formula is C22H18ClN5OS. The summed E-state index contributed by atoms with van der Waals surface area (Å²) in [6.07, 6.45) is 1.77. The Morgan fingerprint density at radius 2 is 1.90 bits per heavy atom. The summed E-state index contributed by atoms with van der Waals surface area (Å²) in [5.41, 5.74) is 2.19. The van der Waals surface area contributed by atoms with E-state index in [2.05, 4.69) is 22.1 Å². The van der Waals surface area contributed by atoms with Crippen LogP contribution in [0.4, 0.5) is 5.69 Å². The number of fused-ring (bicyclic) bond motifs is 1. The highest BCUT2D eigenvalue weighted by atomic mass is 35.5. The molecule has 0 aliphatic carbocycles. The van der Waals surface area contributed by atoms with Crippen LogP contribution in [0.15, 0.2) is 78.5 Å². The minimum atomic E-state index is -0.174. The summed E-state index contributed by atoms with van der Waals surface area (Å²) in [6.45, 7) is 4.33. The van der Waals surface area contributed by atoms with Gasteiger partial charge in [0.1, 0.15) is 5.69 Å². The molecule has 2 aromatic carbocycles. The van der Waals surface area contributed by atoms with Gasteiger partial charge in [0.05, 0.1) is 22.0 Å². The molecule has 6 nitrogen and oxygen atoms in total. The molecule has 0 aliphatic rings. The zero-order valence-electron chi connectivity index (χ0n) is 16.0. The quantitative estimate of drug-likeness (QED) is 0.324. The highest BCUT2D eigenvalue weighted by Crippen LogP contribution is 2.26. The highest BCUT2D eigenvalue weighted by molar-refractivity contribution is 7.99. The molecule has 0 saturated carbocycles. The summed E-state index contributed by atoms with van der Waals surface area (Å²) in [5, 5.41) is 13.6. The first-order valence-corrected chi connectivity index (χ1v) is 10.6. The molecule has 0 radical (unpaired) electrons. The summed E-state index contributed by atoms with van der Waals surface area (Å²) in [7, 11) is 0. The zero-order valence-corrected chi connectivity index (χ0v) is 17.5. The summed E-state index contributed by atoms with van der Waals surface area (Å²) in [5.74, 6) is 0.632. The van der Waals surface area contributed by atoms with E-state index in [0.717, 1.165) is 16.6 Å². The molecule has 0 saturated heterocycles. The number of hydrogen-bond donors (Lipinski definition) is 1. The van der Waals surface area contributed by atoms with Crippen LogP contribution < -0.4 is 5.32 Å². The van der Waals surface area contributed by atoms with Crippen LogP contribution in [0, 0.1) is 0 Å². The summed E-state index contributed by atoms with van der Waals surface area (Å²) in [6, 6.07) is 19.0. The van der Waals surface area contributed by atoms with Gasteiger partial charge in [-0.1, -0.05) is 65.8 Å². The Balaban J connectivity index is 1.54. The first-order chi connectivity index (χ1) is 14.7. The number of carbonyl (C=O) groups is 1. The molecule has 30 heavy (non-hydrogen) atoms. The van der Waals surface area contributed by atoms with Gasteiger partial charge < -0.3 is 5.32 Å². The van der Waals surface area contributed by atoms with Crippen LogP contribution in [-0.2, 0) is 11.3 Å². The van der Waals surface area contributed by atoms with Gasteiger partial charge in [0, 0.05) is 11.9 Å². The van der Waals surface area contributed by atoms with Gasteiger partial charge in [0.15, 0.2) is 11.0 Å². The maximum atomic E-state index is 12.3. The van der Waals surface area contributed by atoms with E-state index in [4.69, 9.17) is 16.6 Å². The molecule has 8 heteroatoms. The largest absolute Gasteiger partial charge is 0.324 e. The molecular weight excluding hydrogens is 418 g/mol. The molecule has 4 rings (SSSR count). The van der Waals surface area contributed by atoms with Crippen molar-refractivity contribution in [3.63, 3.8) is 0 Å². The number of amides is 1. The number of nitrogens with one attached hydrogen (secondary N) is 1. The molecule has 1 N–H and O–H groups in total. The average molecular weight is 436 g/mol. The van der Waals surface area contributed by atoms with E-state index in [1.807, 2.05) is 53.1 Å². The maximum absolute atomic E-state index is 12.3. The third-order valence-corrected chi connectivity index (χ3v) is 5.63. The minimum Gasteiger partial charge on any atom is -0.324 e. The van der Waals surface area contributed by atoms with Crippen molar-refractivity contribution in [3.8, 4) is 11.5 Å². The fourth-order valence-electron chi connectivity index (χ4n) is 2.95. The third kappa shape index (κ3) is 4.37. The molecule has 0 bridgehead atoms. The van der Waals surface area contributed by atoms with Crippen LogP contribution in [0.2, 0.25) is 5.02 Å². The van der Waals surface area contributed by atoms with Crippen LogP contribution >= 0.6 is 23.4 Å². The van der Waals surface area contributed by atoms with Gasteiger partial charge in [-0.05, 0) is 24.3 Å².